The normalized spacial score (nSPS) is 16.0. The van der Waals surface area contributed by atoms with E-state index >= 15 is 0 Å². The van der Waals surface area contributed by atoms with Crippen LogP contribution in [0.2, 0.25) is 0 Å². The van der Waals surface area contributed by atoms with E-state index in [2.05, 4.69) is 30.0 Å². The van der Waals surface area contributed by atoms with Gasteiger partial charge in [-0.05, 0) is 31.9 Å². The third-order valence-electron chi connectivity index (χ3n) is 5.24. The Labute approximate surface area is 173 Å². The van der Waals surface area contributed by atoms with E-state index in [4.69, 9.17) is 15.2 Å². The summed E-state index contributed by atoms with van der Waals surface area (Å²) in [4.78, 5) is 26.8. The molecule has 0 aromatic carbocycles. The second-order valence-electron chi connectivity index (χ2n) is 7.42. The number of ether oxygens (including phenoxy) is 2. The number of carbonyl (C=O) groups is 1. The van der Waals surface area contributed by atoms with Gasteiger partial charge < -0.3 is 20.1 Å². The largest absolute Gasteiger partial charge is 0.458 e. The molecule has 0 bridgehead atoms. The second kappa shape index (κ2) is 8.62. The van der Waals surface area contributed by atoms with Crippen LogP contribution in [0.5, 0.6) is 6.01 Å². The lowest BCUT2D eigenvalue weighted by molar-refractivity contribution is 0.0847. The molecule has 4 rings (SSSR count). The van der Waals surface area contributed by atoms with E-state index in [0.29, 0.717) is 18.3 Å². The molecule has 0 spiro atoms. The van der Waals surface area contributed by atoms with Gasteiger partial charge in [0, 0.05) is 49.5 Å². The lowest BCUT2D eigenvalue weighted by Gasteiger charge is -2.32. The Balaban J connectivity index is 1.50. The molecule has 30 heavy (non-hydrogen) atoms. The first-order chi connectivity index (χ1) is 14.5. The van der Waals surface area contributed by atoms with Gasteiger partial charge in [0.25, 0.3) is 5.91 Å². The van der Waals surface area contributed by atoms with E-state index in [1.54, 1.807) is 19.4 Å². The average Bonchev–Trinajstić information content (AvgIpc) is 3.18. The Morgan fingerprint density at radius 2 is 2.17 bits per heavy atom. The van der Waals surface area contributed by atoms with Gasteiger partial charge in [0.05, 0.1) is 6.61 Å². The van der Waals surface area contributed by atoms with E-state index in [9.17, 15) is 4.79 Å². The molecule has 1 aliphatic rings. The molecule has 1 unspecified atom stereocenters. The van der Waals surface area contributed by atoms with Crippen LogP contribution in [0.1, 0.15) is 41.9 Å². The monoisotopic (exact) mass is 411 g/mol. The molecule has 0 radical (unpaired) electrons. The lowest BCUT2D eigenvalue weighted by atomic mass is 9.92. The summed E-state index contributed by atoms with van der Waals surface area (Å²) >= 11 is 0. The molecule has 10 heteroatoms. The fourth-order valence-corrected chi connectivity index (χ4v) is 3.78. The summed E-state index contributed by atoms with van der Waals surface area (Å²) in [5.74, 6) is 0.368. The molecule has 1 atom stereocenters. The summed E-state index contributed by atoms with van der Waals surface area (Å²) in [6.07, 6.45) is 3.32. The van der Waals surface area contributed by atoms with Gasteiger partial charge in [0.2, 0.25) is 0 Å². The number of piperidine rings is 1. The van der Waals surface area contributed by atoms with Crippen molar-refractivity contribution in [1.82, 2.24) is 25.1 Å². The Bertz CT molecular complexity index is 1030. The maximum atomic E-state index is 11.7. The van der Waals surface area contributed by atoms with Gasteiger partial charge in [-0.2, -0.15) is 15.1 Å². The topological polar surface area (TPSA) is 132 Å². The SMILES string of the molecule is COCC(C)Oc1nc(C(N)=O)cc(N2CCC(c3[nH]nc4ncccc34)CC2)n1. The van der Waals surface area contributed by atoms with E-state index in [0.717, 1.165) is 42.7 Å². The number of methoxy groups -OCH3 is 1. The number of aromatic nitrogens is 5. The maximum absolute atomic E-state index is 11.7. The van der Waals surface area contributed by atoms with Crippen molar-refractivity contribution in [3.05, 3.63) is 35.8 Å². The van der Waals surface area contributed by atoms with Crippen LogP contribution in [0, 0.1) is 0 Å². The van der Waals surface area contributed by atoms with Gasteiger partial charge in [-0.3, -0.25) is 9.89 Å². The van der Waals surface area contributed by atoms with Crippen molar-refractivity contribution in [3.8, 4) is 6.01 Å². The molecule has 4 heterocycles. The summed E-state index contributed by atoms with van der Waals surface area (Å²) in [6.45, 7) is 3.78. The van der Waals surface area contributed by atoms with Crippen molar-refractivity contribution in [2.45, 2.75) is 31.8 Å². The summed E-state index contributed by atoms with van der Waals surface area (Å²) in [5.41, 5.74) is 7.46. The molecule has 1 amide bonds. The van der Waals surface area contributed by atoms with Crippen molar-refractivity contribution in [2.24, 2.45) is 5.73 Å². The third-order valence-corrected chi connectivity index (χ3v) is 5.24. The number of hydrogen-bond acceptors (Lipinski definition) is 8. The van der Waals surface area contributed by atoms with Crippen molar-refractivity contribution in [1.29, 1.82) is 0 Å². The Kier molecular flexibility index (Phi) is 5.75. The Hall–Kier alpha value is -3.27. The van der Waals surface area contributed by atoms with Gasteiger partial charge in [-0.15, -0.1) is 0 Å². The first kappa shape index (κ1) is 20.0. The molecule has 158 valence electrons. The first-order valence-corrected chi connectivity index (χ1v) is 9.93. The van der Waals surface area contributed by atoms with Gasteiger partial charge in [-0.25, -0.2) is 4.98 Å². The average molecular weight is 411 g/mol. The van der Waals surface area contributed by atoms with Crippen LogP contribution >= 0.6 is 0 Å². The van der Waals surface area contributed by atoms with E-state index in [-0.39, 0.29) is 17.8 Å². The summed E-state index contributed by atoms with van der Waals surface area (Å²) in [5, 5.41) is 8.53. The minimum Gasteiger partial charge on any atom is -0.458 e. The van der Waals surface area contributed by atoms with Crippen LogP contribution < -0.4 is 15.4 Å². The smallest absolute Gasteiger partial charge is 0.319 e. The number of hydrogen-bond donors (Lipinski definition) is 2. The number of nitrogens with one attached hydrogen (secondary N) is 1. The fraction of sp³-hybridized carbons (Fsp3) is 0.450. The maximum Gasteiger partial charge on any atom is 0.319 e. The number of H-pyrrole nitrogens is 1. The molecule has 1 saturated heterocycles. The number of amides is 1. The van der Waals surface area contributed by atoms with Gasteiger partial charge >= 0.3 is 6.01 Å². The predicted octanol–water partition coefficient (Wildman–Crippen LogP) is 1.64. The zero-order valence-corrected chi connectivity index (χ0v) is 17.0. The minimum atomic E-state index is -0.616. The highest BCUT2D eigenvalue weighted by Gasteiger charge is 2.26. The van der Waals surface area contributed by atoms with Gasteiger partial charge in [0.15, 0.2) is 5.65 Å². The van der Waals surface area contributed by atoms with Crippen molar-refractivity contribution < 1.29 is 14.3 Å². The van der Waals surface area contributed by atoms with Crippen molar-refractivity contribution in [2.75, 3.05) is 31.7 Å². The first-order valence-electron chi connectivity index (χ1n) is 9.93. The molecule has 0 aliphatic carbocycles. The van der Waals surface area contributed by atoms with Crippen LogP contribution in [0.3, 0.4) is 0 Å². The van der Waals surface area contributed by atoms with Gasteiger partial charge in [-0.1, -0.05) is 0 Å². The van der Waals surface area contributed by atoms with Crippen LogP contribution in [0.15, 0.2) is 24.4 Å². The Morgan fingerprint density at radius 1 is 1.37 bits per heavy atom. The molecular weight excluding hydrogens is 386 g/mol. The van der Waals surface area contributed by atoms with Gasteiger partial charge in [0.1, 0.15) is 17.6 Å². The van der Waals surface area contributed by atoms with E-state index in [1.165, 1.54) is 0 Å². The number of anilines is 1. The van der Waals surface area contributed by atoms with E-state index in [1.807, 2.05) is 19.1 Å². The van der Waals surface area contributed by atoms with Crippen LogP contribution in [0.25, 0.3) is 11.0 Å². The molecule has 3 aromatic heterocycles. The number of aromatic amines is 1. The Morgan fingerprint density at radius 3 is 2.90 bits per heavy atom. The van der Waals surface area contributed by atoms with Crippen LogP contribution in [-0.2, 0) is 4.74 Å². The number of carbonyl (C=O) groups excluding carboxylic acids is 1. The fourth-order valence-electron chi connectivity index (χ4n) is 3.78. The number of pyridine rings is 1. The zero-order valence-electron chi connectivity index (χ0n) is 17.0. The van der Waals surface area contributed by atoms with E-state index < -0.39 is 5.91 Å². The molecule has 1 fully saturated rings. The summed E-state index contributed by atoms with van der Waals surface area (Å²) in [7, 11) is 1.59. The molecule has 10 nitrogen and oxygen atoms in total. The minimum absolute atomic E-state index is 0.124. The predicted molar refractivity (Wildman–Crippen MR) is 111 cm³/mol. The second-order valence-corrected chi connectivity index (χ2v) is 7.42. The number of fused-ring (bicyclic) bond motifs is 1. The standard InChI is InChI=1S/C20H25N7O3/c1-12(11-29-2)30-20-23-15(18(21)28)10-16(24-20)27-8-5-13(6-9-27)17-14-4-3-7-22-19(14)26-25-17/h3-4,7,10,12-13H,5-6,8-9,11H2,1-2H3,(H2,21,28)(H,22,25,26). The number of primary amides is 1. The highest BCUT2D eigenvalue weighted by atomic mass is 16.5. The van der Waals surface area contributed by atoms with Crippen molar-refractivity contribution >= 4 is 22.8 Å². The van der Waals surface area contributed by atoms with Crippen molar-refractivity contribution in [3.63, 3.8) is 0 Å². The quantitative estimate of drug-likeness (QED) is 0.600. The van der Waals surface area contributed by atoms with Crippen LogP contribution in [0.4, 0.5) is 5.82 Å². The third kappa shape index (κ3) is 4.18. The molecule has 1 aliphatic heterocycles. The molecule has 0 saturated carbocycles. The summed E-state index contributed by atoms with van der Waals surface area (Å²) < 4.78 is 10.8. The molecule has 3 aromatic rings. The van der Waals surface area contributed by atoms with Crippen LogP contribution in [-0.4, -0.2) is 64.0 Å². The number of nitrogens with zero attached hydrogens (tertiary/aromatic N) is 5. The zero-order chi connectivity index (χ0) is 21.1. The highest BCUT2D eigenvalue weighted by Crippen LogP contribution is 2.32. The summed E-state index contributed by atoms with van der Waals surface area (Å²) in [6, 6.07) is 5.71. The molecular formula is C20H25N7O3. The number of nitrogens with two attached hydrogens (primary N) is 1. The number of rotatable bonds is 7. The lowest BCUT2D eigenvalue weighted by Crippen LogP contribution is -2.34. The molecule has 3 N–H and O–H groups in total. The highest BCUT2D eigenvalue weighted by molar-refractivity contribution is 5.91.